The van der Waals surface area contributed by atoms with Gasteiger partial charge in [-0.15, -0.1) is 0 Å². The van der Waals surface area contributed by atoms with Crippen molar-refractivity contribution in [2.45, 2.75) is 35.8 Å². The molecule has 0 saturated carbocycles. The van der Waals surface area contributed by atoms with Crippen LogP contribution in [0.5, 0.6) is 0 Å². The van der Waals surface area contributed by atoms with Crippen molar-refractivity contribution in [2.24, 2.45) is 0 Å². The second kappa shape index (κ2) is 16.0. The van der Waals surface area contributed by atoms with E-state index in [9.17, 15) is 4.39 Å². The molecule has 0 radical (unpaired) electrons. The molecule has 1 saturated heterocycles. The number of aromatic nitrogens is 4. The number of aromatic amines is 1. The van der Waals surface area contributed by atoms with Gasteiger partial charge in [0.25, 0.3) is 6.08 Å². The highest BCUT2D eigenvalue weighted by molar-refractivity contribution is 7.71. The summed E-state index contributed by atoms with van der Waals surface area (Å²) in [4.78, 5) is 10.7. The van der Waals surface area contributed by atoms with Gasteiger partial charge in [0.2, 0.25) is 0 Å². The number of ether oxygens (including phenoxy) is 3. The first-order valence-corrected chi connectivity index (χ1v) is 19.5. The fraction of sp³-hybridized carbons (Fsp3) is 0.146. The molecule has 0 spiro atoms. The monoisotopic (exact) mass is 788 g/mol. The van der Waals surface area contributed by atoms with Crippen LogP contribution in [-0.4, -0.2) is 44.5 Å². The molecule has 4 atom stereocenters. The highest BCUT2D eigenvalue weighted by Crippen LogP contribution is 2.47. The normalized spacial score (nSPS) is 18.4. The Morgan fingerprint density at radius 3 is 1.43 bits per heavy atom. The molecule has 2 aromatic heterocycles. The largest absolute Gasteiger partial charge is 0.358 e. The van der Waals surface area contributed by atoms with Crippen molar-refractivity contribution in [3.05, 3.63) is 232 Å². The van der Waals surface area contributed by atoms with Gasteiger partial charge in [0, 0.05) is 0 Å². The molecule has 8 aromatic rings. The predicted octanol–water partition coefficient (Wildman–Crippen LogP) is 10.2. The summed E-state index contributed by atoms with van der Waals surface area (Å²) in [7, 11) is 0. The van der Waals surface area contributed by atoms with Crippen LogP contribution in [0.3, 0.4) is 0 Å². The molecule has 7 nitrogen and oxygen atoms in total. The molecule has 1 N–H and O–H groups in total. The zero-order valence-electron chi connectivity index (χ0n) is 31.1. The Kier molecular flexibility index (Phi) is 10.3. The van der Waals surface area contributed by atoms with Gasteiger partial charge in [0.05, 0.1) is 12.9 Å². The molecule has 0 amide bonds. The van der Waals surface area contributed by atoms with Crippen LogP contribution in [-0.2, 0) is 25.4 Å². The number of nitrogens with one attached hydrogen (secondary N) is 1. The molecule has 3 heterocycles. The quantitative estimate of drug-likeness (QED) is 0.0755. The number of halogens is 2. The Morgan fingerprint density at radius 2 is 1.02 bits per heavy atom. The molecule has 9 rings (SSSR count). The lowest BCUT2D eigenvalue weighted by molar-refractivity contribution is -0.128. The molecular weight excluding hydrogens is 751 g/mol. The van der Waals surface area contributed by atoms with Crippen LogP contribution in [0.4, 0.5) is 8.78 Å². The lowest BCUT2D eigenvalue weighted by Gasteiger charge is -2.40. The van der Waals surface area contributed by atoms with Crippen molar-refractivity contribution in [1.82, 2.24) is 19.5 Å². The third-order valence-corrected chi connectivity index (χ3v) is 11.1. The van der Waals surface area contributed by atoms with E-state index in [2.05, 4.69) is 15.0 Å². The second-order valence-corrected chi connectivity index (χ2v) is 14.5. The van der Waals surface area contributed by atoms with Gasteiger partial charge in [-0.2, -0.15) is 9.37 Å². The van der Waals surface area contributed by atoms with Crippen LogP contribution in [0.15, 0.2) is 188 Å². The average molecular weight is 789 g/mol. The highest BCUT2D eigenvalue weighted by Gasteiger charge is 2.53. The first kappa shape index (κ1) is 37.4. The second-order valence-electron chi connectivity index (χ2n) is 14.1. The molecule has 1 aliphatic rings. The zero-order valence-corrected chi connectivity index (χ0v) is 32.0. The standard InChI is InChI=1S/C48H38F2N4O3S/c49-40-42(57-48(36-25-13-4-14-26-36,37-27-15-5-16-28-37)38-29-17-6-18-30-38)39(56-45(40)54-32-51-41-43(54)52-46(50)53-44(41)58)31-55-47(33-19-7-1-8-20-33,34-21-9-2-10-22-34)35-23-11-3-12-24-35/h1-30,32,39-40,42,45H,31H2,(H,52,53,58)/t39-,40-,42-,45-/m1/s1. The van der Waals surface area contributed by atoms with E-state index >= 15 is 4.39 Å². The number of nitrogens with zero attached hydrogens (tertiary/aromatic N) is 3. The summed E-state index contributed by atoms with van der Waals surface area (Å²) in [6.07, 6.45) is -4.95. The van der Waals surface area contributed by atoms with Crippen LogP contribution in [0, 0.1) is 10.7 Å². The first-order valence-electron chi connectivity index (χ1n) is 19.1. The summed E-state index contributed by atoms with van der Waals surface area (Å²) in [6.45, 7) is -0.118. The molecule has 1 aliphatic heterocycles. The molecule has 288 valence electrons. The molecule has 6 aromatic carbocycles. The number of alkyl halides is 1. The number of fused-ring (bicyclic) bond motifs is 1. The minimum absolute atomic E-state index is 0.0549. The van der Waals surface area contributed by atoms with E-state index in [1.807, 2.05) is 182 Å². The number of imidazole rings is 1. The average Bonchev–Trinajstić information content (AvgIpc) is 3.84. The molecule has 0 unspecified atom stereocenters. The van der Waals surface area contributed by atoms with E-state index < -0.39 is 41.9 Å². The van der Waals surface area contributed by atoms with Gasteiger partial charge in [0.15, 0.2) is 17.0 Å². The smallest absolute Gasteiger partial charge is 0.289 e. The van der Waals surface area contributed by atoms with Gasteiger partial charge in [0.1, 0.15) is 34.6 Å². The molecule has 0 aliphatic carbocycles. The predicted molar refractivity (Wildman–Crippen MR) is 221 cm³/mol. The Bertz CT molecular complexity index is 2460. The van der Waals surface area contributed by atoms with Crippen LogP contribution in [0.25, 0.3) is 11.2 Å². The van der Waals surface area contributed by atoms with E-state index in [0.29, 0.717) is 0 Å². The van der Waals surface area contributed by atoms with Gasteiger partial charge in [-0.1, -0.05) is 194 Å². The van der Waals surface area contributed by atoms with Crippen LogP contribution in [0.2, 0.25) is 0 Å². The fourth-order valence-corrected chi connectivity index (χ4v) is 8.43. The van der Waals surface area contributed by atoms with Crippen LogP contribution >= 0.6 is 12.2 Å². The number of benzene rings is 6. The number of hydrogen-bond acceptors (Lipinski definition) is 6. The maximum Gasteiger partial charge on any atom is 0.289 e. The van der Waals surface area contributed by atoms with Crippen molar-refractivity contribution >= 4 is 23.4 Å². The van der Waals surface area contributed by atoms with E-state index in [1.54, 1.807) is 0 Å². The lowest BCUT2D eigenvalue weighted by Crippen LogP contribution is -2.45. The van der Waals surface area contributed by atoms with Crippen molar-refractivity contribution in [2.75, 3.05) is 6.61 Å². The molecule has 1 fully saturated rings. The Hall–Kier alpha value is -6.17. The molecule has 10 heteroatoms. The zero-order chi connectivity index (χ0) is 39.5. The van der Waals surface area contributed by atoms with Gasteiger partial charge in [-0.05, 0) is 33.4 Å². The van der Waals surface area contributed by atoms with Gasteiger partial charge in [-0.25, -0.2) is 9.37 Å². The maximum absolute atomic E-state index is 18.0. The van der Waals surface area contributed by atoms with Crippen molar-refractivity contribution in [3.63, 3.8) is 0 Å². The topological polar surface area (TPSA) is 74.2 Å². The molecule has 58 heavy (non-hydrogen) atoms. The Labute approximate surface area is 339 Å². The van der Waals surface area contributed by atoms with E-state index in [1.165, 1.54) is 10.9 Å². The number of rotatable bonds is 12. The van der Waals surface area contributed by atoms with E-state index in [4.69, 9.17) is 26.4 Å². The lowest BCUT2D eigenvalue weighted by atomic mass is 9.79. The summed E-state index contributed by atoms with van der Waals surface area (Å²) in [5.41, 5.74) is 2.90. The summed E-state index contributed by atoms with van der Waals surface area (Å²) < 4.78 is 55.6. The Morgan fingerprint density at radius 1 is 0.621 bits per heavy atom. The minimum atomic E-state index is -1.82. The summed E-state index contributed by atoms with van der Waals surface area (Å²) in [5, 5.41) is 0. The maximum atomic E-state index is 18.0. The summed E-state index contributed by atoms with van der Waals surface area (Å²) in [6, 6.07) is 59.2. The van der Waals surface area contributed by atoms with Gasteiger partial charge in [-0.3, -0.25) is 9.55 Å². The third kappa shape index (κ3) is 6.63. The summed E-state index contributed by atoms with van der Waals surface area (Å²) in [5.74, 6) is 0. The van der Waals surface area contributed by atoms with Gasteiger partial charge < -0.3 is 14.2 Å². The number of hydrogen-bond donors (Lipinski definition) is 1. The SMILES string of the molecule is Fc1nc(=S)c2ncn([C@@H]3O[C@H](COC(c4ccccc4)(c4ccccc4)c4ccccc4)[C@@H](OC(c4ccccc4)(c4ccccc4)c4ccccc4)[C@H]3F)c2[nH]1. The van der Waals surface area contributed by atoms with Crippen LogP contribution < -0.4 is 0 Å². The first-order chi connectivity index (χ1) is 28.5. The highest BCUT2D eigenvalue weighted by atomic mass is 32.1. The minimum Gasteiger partial charge on any atom is -0.358 e. The number of H-pyrrole nitrogens is 1. The van der Waals surface area contributed by atoms with Crippen molar-refractivity contribution < 1.29 is 23.0 Å². The molecular formula is C48H38F2N4O3S. The van der Waals surface area contributed by atoms with Crippen molar-refractivity contribution in [3.8, 4) is 0 Å². The van der Waals surface area contributed by atoms with Gasteiger partial charge >= 0.3 is 0 Å². The fourth-order valence-electron chi connectivity index (χ4n) is 8.20. The van der Waals surface area contributed by atoms with E-state index in [-0.39, 0.29) is 22.4 Å². The third-order valence-electron chi connectivity index (χ3n) is 10.8. The van der Waals surface area contributed by atoms with E-state index in [0.717, 1.165) is 33.4 Å². The van der Waals surface area contributed by atoms with Crippen molar-refractivity contribution in [1.29, 1.82) is 0 Å². The van der Waals surface area contributed by atoms with Crippen LogP contribution in [0.1, 0.15) is 39.6 Å². The summed E-state index contributed by atoms with van der Waals surface area (Å²) >= 11 is 5.33. The Balaban J connectivity index is 1.22. The molecule has 0 bridgehead atoms.